The summed E-state index contributed by atoms with van der Waals surface area (Å²) in [6, 6.07) is 9.81. The van der Waals surface area contributed by atoms with Crippen LogP contribution in [0.5, 0.6) is 0 Å². The quantitative estimate of drug-likeness (QED) is 0.772. The zero-order valence-corrected chi connectivity index (χ0v) is 16.7. The molecule has 0 aliphatic carbocycles. The summed E-state index contributed by atoms with van der Waals surface area (Å²) >= 11 is 3.35. The fourth-order valence-corrected chi connectivity index (χ4v) is 4.47. The number of nitrogens with one attached hydrogen (secondary N) is 1. The van der Waals surface area contributed by atoms with Gasteiger partial charge in [0.2, 0.25) is 11.8 Å². The van der Waals surface area contributed by atoms with E-state index in [2.05, 4.69) is 16.8 Å². The molecule has 1 N–H and O–H groups in total. The monoisotopic (exact) mass is 389 g/mol. The van der Waals surface area contributed by atoms with Gasteiger partial charge in [0, 0.05) is 22.9 Å². The van der Waals surface area contributed by atoms with Crippen molar-refractivity contribution in [2.75, 3.05) is 38.3 Å². The number of anilines is 1. The van der Waals surface area contributed by atoms with E-state index >= 15 is 0 Å². The number of thiophene rings is 1. The molecule has 1 aromatic heterocycles. The largest absolute Gasteiger partial charge is 0.337 e. The number of amides is 2. The van der Waals surface area contributed by atoms with Crippen LogP contribution in [0.1, 0.15) is 10.4 Å². The van der Waals surface area contributed by atoms with Crippen LogP contribution in [0.4, 0.5) is 5.69 Å². The molecule has 138 valence electrons. The molecule has 0 fully saturated rings. The fraction of sp³-hybridized carbons (Fsp3) is 0.368. The number of benzene rings is 1. The van der Waals surface area contributed by atoms with E-state index in [1.165, 1.54) is 10.4 Å². The number of rotatable bonds is 6. The molecular weight excluding hydrogens is 366 g/mol. The molecule has 0 spiro atoms. The number of likely N-dealkylation sites (N-methyl/N-ethyl adjacent to an activating group) is 1. The van der Waals surface area contributed by atoms with Crippen LogP contribution in [0, 0.1) is 0 Å². The van der Waals surface area contributed by atoms with Gasteiger partial charge < -0.3 is 10.2 Å². The summed E-state index contributed by atoms with van der Waals surface area (Å²) < 4.78 is 0. The Hall–Kier alpha value is -1.83. The highest BCUT2D eigenvalue weighted by molar-refractivity contribution is 7.98. The summed E-state index contributed by atoms with van der Waals surface area (Å²) in [5.41, 5.74) is 2.06. The number of carbonyl (C=O) groups excluding carboxylic acids is 2. The minimum atomic E-state index is -0.111. The van der Waals surface area contributed by atoms with E-state index in [4.69, 9.17) is 0 Å². The summed E-state index contributed by atoms with van der Waals surface area (Å²) in [6.45, 7) is 1.87. The van der Waals surface area contributed by atoms with Gasteiger partial charge in [-0.2, -0.15) is 0 Å². The molecule has 0 atom stereocenters. The third kappa shape index (κ3) is 4.66. The number of nitrogens with zero attached hydrogens (tertiary/aromatic N) is 2. The Balaban J connectivity index is 1.50. The molecule has 1 aromatic carbocycles. The van der Waals surface area contributed by atoms with Crippen molar-refractivity contribution >= 4 is 40.6 Å². The van der Waals surface area contributed by atoms with Gasteiger partial charge in [0.1, 0.15) is 0 Å². The topological polar surface area (TPSA) is 52.7 Å². The standard InChI is InChI=1S/C19H23N3O2S2/c1-21(12-18(23)20-15-5-3-4-6-17(15)25-2)13-19(24)22-9-7-16-14(11-22)8-10-26-16/h3-6,8,10H,7,9,11-13H2,1-2H3,(H,20,23). The van der Waals surface area contributed by atoms with Crippen LogP contribution in [0.25, 0.3) is 0 Å². The van der Waals surface area contributed by atoms with Crippen molar-refractivity contribution < 1.29 is 9.59 Å². The van der Waals surface area contributed by atoms with Gasteiger partial charge in [-0.05, 0) is 48.9 Å². The maximum absolute atomic E-state index is 12.5. The predicted octanol–water partition coefficient (Wildman–Crippen LogP) is 2.93. The van der Waals surface area contributed by atoms with Gasteiger partial charge in [-0.1, -0.05) is 12.1 Å². The Morgan fingerprint density at radius 1 is 1.27 bits per heavy atom. The molecular formula is C19H23N3O2S2. The summed E-state index contributed by atoms with van der Waals surface area (Å²) in [4.78, 5) is 30.9. The normalized spacial score (nSPS) is 13.6. The lowest BCUT2D eigenvalue weighted by Gasteiger charge is -2.28. The van der Waals surface area contributed by atoms with Crippen LogP contribution >= 0.6 is 23.1 Å². The maximum atomic E-state index is 12.5. The number of carbonyl (C=O) groups is 2. The molecule has 7 heteroatoms. The van der Waals surface area contributed by atoms with Gasteiger partial charge in [-0.3, -0.25) is 14.5 Å². The fourth-order valence-electron chi connectivity index (χ4n) is 3.03. The molecule has 5 nitrogen and oxygen atoms in total. The van der Waals surface area contributed by atoms with Crippen LogP contribution in [-0.4, -0.2) is 54.6 Å². The van der Waals surface area contributed by atoms with Gasteiger partial charge >= 0.3 is 0 Å². The van der Waals surface area contributed by atoms with E-state index < -0.39 is 0 Å². The van der Waals surface area contributed by atoms with E-state index in [1.54, 1.807) is 35.0 Å². The zero-order chi connectivity index (χ0) is 18.5. The van der Waals surface area contributed by atoms with Crippen LogP contribution in [0.2, 0.25) is 0 Å². The highest BCUT2D eigenvalue weighted by atomic mass is 32.2. The van der Waals surface area contributed by atoms with Crippen molar-refractivity contribution in [3.05, 3.63) is 46.2 Å². The SMILES string of the molecule is CSc1ccccc1NC(=O)CN(C)CC(=O)N1CCc2sccc2C1. The number of hydrogen-bond donors (Lipinski definition) is 1. The molecule has 0 unspecified atom stereocenters. The van der Waals surface area contributed by atoms with Crippen molar-refractivity contribution in [2.45, 2.75) is 17.9 Å². The second-order valence-corrected chi connectivity index (χ2v) is 8.20. The summed E-state index contributed by atoms with van der Waals surface area (Å²) in [5, 5.41) is 5.01. The smallest absolute Gasteiger partial charge is 0.238 e. The van der Waals surface area contributed by atoms with E-state index in [0.717, 1.165) is 23.5 Å². The highest BCUT2D eigenvalue weighted by Gasteiger charge is 2.22. The third-order valence-electron chi connectivity index (χ3n) is 4.36. The number of fused-ring (bicyclic) bond motifs is 1. The first kappa shape index (κ1) is 18.9. The lowest BCUT2D eigenvalue weighted by Crippen LogP contribution is -2.43. The van der Waals surface area contributed by atoms with Crippen LogP contribution in [0.15, 0.2) is 40.6 Å². The van der Waals surface area contributed by atoms with Crippen LogP contribution in [-0.2, 0) is 22.6 Å². The molecule has 0 saturated carbocycles. The van der Waals surface area contributed by atoms with Gasteiger partial charge in [-0.25, -0.2) is 0 Å². The number of thioether (sulfide) groups is 1. The van der Waals surface area contributed by atoms with Crippen molar-refractivity contribution in [2.24, 2.45) is 0 Å². The summed E-state index contributed by atoms with van der Waals surface area (Å²) in [6.07, 6.45) is 2.90. The van der Waals surface area contributed by atoms with Gasteiger partial charge in [-0.15, -0.1) is 23.1 Å². The minimum absolute atomic E-state index is 0.0710. The van der Waals surface area contributed by atoms with E-state index in [-0.39, 0.29) is 24.9 Å². The van der Waals surface area contributed by atoms with Crippen molar-refractivity contribution in [1.29, 1.82) is 0 Å². The molecule has 3 rings (SSSR count). The molecule has 0 radical (unpaired) electrons. The highest BCUT2D eigenvalue weighted by Crippen LogP contribution is 2.25. The molecule has 1 aliphatic heterocycles. The molecule has 0 bridgehead atoms. The number of para-hydroxylation sites is 1. The molecule has 0 saturated heterocycles. The summed E-state index contributed by atoms with van der Waals surface area (Å²) in [7, 11) is 1.80. The molecule has 2 aromatic rings. The van der Waals surface area contributed by atoms with Crippen molar-refractivity contribution in [3.8, 4) is 0 Å². The number of hydrogen-bond acceptors (Lipinski definition) is 5. The molecule has 1 aliphatic rings. The van der Waals surface area contributed by atoms with E-state index in [9.17, 15) is 9.59 Å². The lowest BCUT2D eigenvalue weighted by molar-refractivity contribution is -0.133. The molecule has 26 heavy (non-hydrogen) atoms. The molecule has 2 amide bonds. The van der Waals surface area contributed by atoms with Crippen LogP contribution < -0.4 is 5.32 Å². The second-order valence-electron chi connectivity index (χ2n) is 6.36. The van der Waals surface area contributed by atoms with Crippen LogP contribution in [0.3, 0.4) is 0 Å². The average Bonchev–Trinajstić information content (AvgIpc) is 3.09. The first-order chi connectivity index (χ1) is 12.6. The van der Waals surface area contributed by atoms with Crippen molar-refractivity contribution in [3.63, 3.8) is 0 Å². The minimum Gasteiger partial charge on any atom is -0.337 e. The first-order valence-corrected chi connectivity index (χ1v) is 10.6. The first-order valence-electron chi connectivity index (χ1n) is 8.51. The Kier molecular flexibility index (Phi) is 6.34. The average molecular weight is 390 g/mol. The second kappa shape index (κ2) is 8.70. The van der Waals surface area contributed by atoms with E-state index in [0.29, 0.717) is 6.54 Å². The maximum Gasteiger partial charge on any atom is 0.238 e. The summed E-state index contributed by atoms with van der Waals surface area (Å²) in [5.74, 6) is -0.0396. The van der Waals surface area contributed by atoms with Gasteiger partial charge in [0.05, 0.1) is 18.8 Å². The van der Waals surface area contributed by atoms with Gasteiger partial charge in [0.25, 0.3) is 0 Å². The Labute approximate surface area is 162 Å². The van der Waals surface area contributed by atoms with Crippen molar-refractivity contribution in [1.82, 2.24) is 9.80 Å². The Bertz CT molecular complexity index is 791. The Morgan fingerprint density at radius 3 is 2.88 bits per heavy atom. The zero-order valence-electron chi connectivity index (χ0n) is 15.0. The lowest BCUT2D eigenvalue weighted by atomic mass is 10.1. The Morgan fingerprint density at radius 2 is 2.08 bits per heavy atom. The predicted molar refractivity (Wildman–Crippen MR) is 108 cm³/mol. The van der Waals surface area contributed by atoms with Gasteiger partial charge in [0.15, 0.2) is 0 Å². The van der Waals surface area contributed by atoms with E-state index in [1.807, 2.05) is 35.4 Å². The molecule has 2 heterocycles. The third-order valence-corrected chi connectivity index (χ3v) is 6.18.